The number of hydrogen-bond donors (Lipinski definition) is 0. The van der Waals surface area contributed by atoms with Crippen molar-refractivity contribution in [2.45, 2.75) is 109 Å². The van der Waals surface area contributed by atoms with E-state index in [9.17, 15) is 4.79 Å². The van der Waals surface area contributed by atoms with Gasteiger partial charge in [0.05, 0.1) is 5.92 Å². The van der Waals surface area contributed by atoms with Crippen molar-refractivity contribution >= 4 is 5.97 Å². The lowest BCUT2D eigenvalue weighted by molar-refractivity contribution is -0.157. The van der Waals surface area contributed by atoms with Crippen LogP contribution in [0.5, 0.6) is 0 Å². The lowest BCUT2D eigenvalue weighted by atomic mass is 9.76. The summed E-state index contributed by atoms with van der Waals surface area (Å²) in [5, 5.41) is 0. The molecule has 3 fully saturated rings. The molecule has 0 radical (unpaired) electrons. The highest BCUT2D eigenvalue weighted by atomic mass is 16.6. The minimum Gasteiger partial charge on any atom is -0.460 e. The molecule has 0 saturated heterocycles. The number of benzene rings is 1. The first-order valence-corrected chi connectivity index (χ1v) is 12.7. The van der Waals surface area contributed by atoms with Crippen LogP contribution in [0.15, 0.2) is 24.3 Å². The molecule has 1 aromatic carbocycles. The molecule has 2 heteroatoms. The minimum atomic E-state index is -0.363. The number of rotatable bonds is 7. The van der Waals surface area contributed by atoms with Gasteiger partial charge in [0.1, 0.15) is 5.60 Å². The number of unbranched alkanes of at least 4 members (excludes halogenated alkanes) is 2. The molecule has 4 rings (SSSR count). The van der Waals surface area contributed by atoms with Gasteiger partial charge in [0, 0.05) is 0 Å². The Bertz CT molecular complexity index is 693. The highest BCUT2D eigenvalue weighted by molar-refractivity contribution is 5.77. The Kier molecular flexibility index (Phi) is 6.61. The van der Waals surface area contributed by atoms with E-state index < -0.39 is 0 Å². The first kappa shape index (κ1) is 21.9. The SMILES string of the molecule is CCCCCC1CCC(c2ccc(C3CC4C(C3)C4C(=O)OC(C)(C)C)cc2)CC1. The summed E-state index contributed by atoms with van der Waals surface area (Å²) in [6, 6.07) is 9.60. The fourth-order valence-electron chi connectivity index (χ4n) is 6.34. The van der Waals surface area contributed by atoms with Gasteiger partial charge in [-0.2, -0.15) is 0 Å². The zero-order chi connectivity index (χ0) is 21.3. The maximum absolute atomic E-state index is 12.4. The van der Waals surface area contributed by atoms with Gasteiger partial charge in [-0.15, -0.1) is 0 Å². The molecule has 3 aliphatic rings. The fraction of sp³-hybridized carbons (Fsp3) is 0.750. The fourth-order valence-corrected chi connectivity index (χ4v) is 6.34. The van der Waals surface area contributed by atoms with Crippen molar-refractivity contribution in [2.75, 3.05) is 0 Å². The minimum absolute atomic E-state index is 0.0385. The van der Waals surface area contributed by atoms with E-state index in [1.165, 1.54) is 56.9 Å². The molecule has 3 saturated carbocycles. The van der Waals surface area contributed by atoms with Gasteiger partial charge < -0.3 is 4.74 Å². The summed E-state index contributed by atoms with van der Waals surface area (Å²) in [5.74, 6) is 3.73. The molecule has 1 aromatic rings. The number of esters is 1. The van der Waals surface area contributed by atoms with Gasteiger partial charge in [-0.25, -0.2) is 0 Å². The summed E-state index contributed by atoms with van der Waals surface area (Å²) < 4.78 is 5.62. The van der Waals surface area contributed by atoms with E-state index in [1.54, 1.807) is 5.56 Å². The summed E-state index contributed by atoms with van der Waals surface area (Å²) in [7, 11) is 0. The van der Waals surface area contributed by atoms with Crippen LogP contribution in [0, 0.1) is 23.7 Å². The van der Waals surface area contributed by atoms with Gasteiger partial charge >= 0.3 is 5.97 Å². The summed E-state index contributed by atoms with van der Waals surface area (Å²) >= 11 is 0. The van der Waals surface area contributed by atoms with E-state index in [0.717, 1.165) is 24.7 Å². The molecule has 0 bridgehead atoms. The quantitative estimate of drug-likeness (QED) is 0.341. The first-order chi connectivity index (χ1) is 14.4. The number of fused-ring (bicyclic) bond motifs is 1. The smallest absolute Gasteiger partial charge is 0.310 e. The van der Waals surface area contributed by atoms with Crippen molar-refractivity contribution < 1.29 is 9.53 Å². The lowest BCUT2D eigenvalue weighted by Gasteiger charge is -2.29. The molecule has 0 heterocycles. The van der Waals surface area contributed by atoms with Crippen LogP contribution in [-0.4, -0.2) is 11.6 Å². The summed E-state index contributed by atoms with van der Waals surface area (Å²) in [4.78, 5) is 12.4. The molecular weight excluding hydrogens is 368 g/mol. The second-order valence-electron chi connectivity index (χ2n) is 11.4. The Morgan fingerprint density at radius 3 is 2.00 bits per heavy atom. The van der Waals surface area contributed by atoms with E-state index in [1.807, 2.05) is 20.8 Å². The van der Waals surface area contributed by atoms with Crippen LogP contribution in [0.1, 0.15) is 115 Å². The zero-order valence-corrected chi connectivity index (χ0v) is 19.7. The van der Waals surface area contributed by atoms with E-state index >= 15 is 0 Å². The summed E-state index contributed by atoms with van der Waals surface area (Å²) in [6.07, 6.45) is 13.6. The van der Waals surface area contributed by atoms with Gasteiger partial charge in [-0.1, -0.05) is 56.9 Å². The average Bonchev–Trinajstić information content (AvgIpc) is 3.22. The average molecular weight is 411 g/mol. The van der Waals surface area contributed by atoms with E-state index in [4.69, 9.17) is 4.74 Å². The third-order valence-corrected chi connectivity index (χ3v) is 8.07. The molecule has 2 atom stereocenters. The Hall–Kier alpha value is -1.31. The maximum atomic E-state index is 12.4. The second kappa shape index (κ2) is 9.05. The van der Waals surface area contributed by atoms with Crippen LogP contribution in [0.4, 0.5) is 0 Å². The molecule has 0 aromatic heterocycles. The van der Waals surface area contributed by atoms with Crippen LogP contribution in [0.3, 0.4) is 0 Å². The number of carbonyl (C=O) groups excluding carboxylic acids is 1. The largest absolute Gasteiger partial charge is 0.460 e. The van der Waals surface area contributed by atoms with Crippen LogP contribution in [0.2, 0.25) is 0 Å². The van der Waals surface area contributed by atoms with E-state index in [2.05, 4.69) is 31.2 Å². The third-order valence-electron chi connectivity index (χ3n) is 8.07. The van der Waals surface area contributed by atoms with Crippen molar-refractivity contribution in [1.29, 1.82) is 0 Å². The molecule has 0 N–H and O–H groups in total. The van der Waals surface area contributed by atoms with Crippen LogP contribution in [-0.2, 0) is 9.53 Å². The van der Waals surface area contributed by atoms with Crippen LogP contribution < -0.4 is 0 Å². The number of carbonyl (C=O) groups is 1. The molecule has 2 nitrogen and oxygen atoms in total. The van der Waals surface area contributed by atoms with Gasteiger partial charge in [-0.05, 0) is 100 Å². The first-order valence-electron chi connectivity index (χ1n) is 12.7. The summed E-state index contributed by atoms with van der Waals surface area (Å²) in [5.41, 5.74) is 2.68. The Labute approximate surface area is 184 Å². The Balaban J connectivity index is 1.24. The van der Waals surface area contributed by atoms with Crippen LogP contribution in [0.25, 0.3) is 0 Å². The van der Waals surface area contributed by atoms with Crippen molar-refractivity contribution in [1.82, 2.24) is 0 Å². The van der Waals surface area contributed by atoms with Crippen molar-refractivity contribution in [3.8, 4) is 0 Å². The van der Waals surface area contributed by atoms with Gasteiger partial charge in [0.25, 0.3) is 0 Å². The number of hydrogen-bond acceptors (Lipinski definition) is 2. The number of ether oxygens (including phenoxy) is 1. The Morgan fingerprint density at radius 1 is 0.900 bits per heavy atom. The van der Waals surface area contributed by atoms with Gasteiger partial charge in [-0.3, -0.25) is 4.79 Å². The molecule has 166 valence electrons. The third kappa shape index (κ3) is 5.11. The van der Waals surface area contributed by atoms with Gasteiger partial charge in [0.15, 0.2) is 0 Å². The normalized spacial score (nSPS) is 33.2. The highest BCUT2D eigenvalue weighted by Gasteiger charge is 2.60. The molecule has 3 aliphatic carbocycles. The highest BCUT2D eigenvalue weighted by Crippen LogP contribution is 2.62. The van der Waals surface area contributed by atoms with Gasteiger partial charge in [0.2, 0.25) is 0 Å². The molecular formula is C28H42O2. The van der Waals surface area contributed by atoms with E-state index in [0.29, 0.717) is 17.8 Å². The maximum Gasteiger partial charge on any atom is 0.310 e. The molecule has 30 heavy (non-hydrogen) atoms. The van der Waals surface area contributed by atoms with Crippen LogP contribution >= 0.6 is 0 Å². The summed E-state index contributed by atoms with van der Waals surface area (Å²) in [6.45, 7) is 8.19. The van der Waals surface area contributed by atoms with Crippen molar-refractivity contribution in [2.24, 2.45) is 23.7 Å². The Morgan fingerprint density at radius 2 is 1.47 bits per heavy atom. The molecule has 0 amide bonds. The second-order valence-corrected chi connectivity index (χ2v) is 11.4. The monoisotopic (exact) mass is 410 g/mol. The van der Waals surface area contributed by atoms with Crippen molar-refractivity contribution in [3.05, 3.63) is 35.4 Å². The standard InChI is InChI=1S/C28H42O2/c1-5-6-7-8-19-9-11-20(12-10-19)21-13-15-22(16-14-21)23-17-24-25(18-23)26(24)27(29)30-28(2,3)4/h13-16,19-20,23-26H,5-12,17-18H2,1-4H3. The van der Waals surface area contributed by atoms with Crippen molar-refractivity contribution in [3.63, 3.8) is 0 Å². The topological polar surface area (TPSA) is 26.3 Å². The predicted octanol–water partition coefficient (Wildman–Crippen LogP) is 7.62. The predicted molar refractivity (Wildman–Crippen MR) is 124 cm³/mol. The zero-order valence-electron chi connectivity index (χ0n) is 19.7. The molecule has 0 spiro atoms. The molecule has 0 aliphatic heterocycles. The van der Waals surface area contributed by atoms with E-state index in [-0.39, 0.29) is 17.5 Å². The molecule has 2 unspecified atom stereocenters. The lowest BCUT2D eigenvalue weighted by Crippen LogP contribution is -2.26.